The maximum atomic E-state index is 9.92. The highest BCUT2D eigenvalue weighted by Crippen LogP contribution is 2.22. The van der Waals surface area contributed by atoms with Crippen LogP contribution in [-0.2, 0) is 0 Å². The molecule has 0 aromatic carbocycles. The Labute approximate surface area is 95.5 Å². The molecule has 0 bridgehead atoms. The lowest BCUT2D eigenvalue weighted by molar-refractivity contribution is 0.136. The molecule has 1 atom stereocenters. The molecule has 1 aromatic heterocycles. The van der Waals surface area contributed by atoms with Gasteiger partial charge in [-0.25, -0.2) is 0 Å². The Morgan fingerprint density at radius 1 is 1.33 bits per heavy atom. The van der Waals surface area contributed by atoms with E-state index in [0.29, 0.717) is 0 Å². The first kappa shape index (κ1) is 11.1. The third kappa shape index (κ3) is 3.30. The average Bonchev–Trinajstić information content (AvgIpc) is 2.81. The van der Waals surface area contributed by atoms with Crippen LogP contribution >= 0.6 is 11.3 Å². The summed E-state index contributed by atoms with van der Waals surface area (Å²) >= 11 is 1.65. The third-order valence-electron chi connectivity index (χ3n) is 3.04. The molecular weight excluding hydrogens is 206 g/mol. The van der Waals surface area contributed by atoms with Gasteiger partial charge in [0.2, 0.25) is 0 Å². The maximum absolute atomic E-state index is 9.92. The van der Waals surface area contributed by atoms with Gasteiger partial charge >= 0.3 is 0 Å². The van der Waals surface area contributed by atoms with Crippen LogP contribution in [0.3, 0.4) is 0 Å². The van der Waals surface area contributed by atoms with Crippen LogP contribution in [0.4, 0.5) is 0 Å². The van der Waals surface area contributed by atoms with E-state index in [-0.39, 0.29) is 6.10 Å². The number of aliphatic hydroxyl groups is 1. The second-order valence-electron chi connectivity index (χ2n) is 4.22. The maximum Gasteiger partial charge on any atom is 0.0894 e. The van der Waals surface area contributed by atoms with Gasteiger partial charge in [0.15, 0.2) is 0 Å². The molecule has 0 saturated carbocycles. The summed E-state index contributed by atoms with van der Waals surface area (Å²) in [5.74, 6) is 0. The first-order chi connectivity index (χ1) is 7.36. The van der Waals surface area contributed by atoms with E-state index in [1.54, 1.807) is 11.3 Å². The summed E-state index contributed by atoms with van der Waals surface area (Å²) in [6.45, 7) is 3.48. The number of aliphatic hydroxyl groups excluding tert-OH is 1. The van der Waals surface area contributed by atoms with E-state index in [0.717, 1.165) is 17.8 Å². The van der Waals surface area contributed by atoms with Crippen molar-refractivity contribution in [3.63, 3.8) is 0 Å². The van der Waals surface area contributed by atoms with Crippen molar-refractivity contribution in [2.24, 2.45) is 0 Å². The highest BCUT2D eigenvalue weighted by atomic mass is 32.1. The van der Waals surface area contributed by atoms with Crippen molar-refractivity contribution in [3.05, 3.63) is 22.4 Å². The van der Waals surface area contributed by atoms with E-state index in [9.17, 15) is 5.11 Å². The van der Waals surface area contributed by atoms with E-state index >= 15 is 0 Å². The van der Waals surface area contributed by atoms with Crippen molar-refractivity contribution >= 4 is 11.3 Å². The molecule has 84 valence electrons. The van der Waals surface area contributed by atoms with Gasteiger partial charge in [0, 0.05) is 11.4 Å². The molecule has 0 spiro atoms. The molecule has 1 N–H and O–H groups in total. The van der Waals surface area contributed by atoms with Gasteiger partial charge < -0.3 is 10.0 Å². The third-order valence-corrected chi connectivity index (χ3v) is 4.01. The molecule has 1 aliphatic heterocycles. The minimum Gasteiger partial charge on any atom is -0.388 e. The second-order valence-corrected chi connectivity index (χ2v) is 5.20. The number of hydrogen-bond donors (Lipinski definition) is 1. The van der Waals surface area contributed by atoms with Gasteiger partial charge in [-0.15, -0.1) is 11.3 Å². The lowest BCUT2D eigenvalue weighted by atomic mass is 10.1. The van der Waals surface area contributed by atoms with Crippen LogP contribution in [0.2, 0.25) is 0 Å². The minimum atomic E-state index is -0.257. The van der Waals surface area contributed by atoms with Gasteiger partial charge in [-0.05, 0) is 43.8 Å². The van der Waals surface area contributed by atoms with Gasteiger partial charge in [0.1, 0.15) is 0 Å². The molecule has 1 aliphatic rings. The predicted molar refractivity (Wildman–Crippen MR) is 64.2 cm³/mol. The average molecular weight is 225 g/mol. The zero-order chi connectivity index (χ0) is 10.5. The van der Waals surface area contributed by atoms with Crippen LogP contribution in [0.25, 0.3) is 0 Å². The summed E-state index contributed by atoms with van der Waals surface area (Å²) in [4.78, 5) is 3.58. The number of piperidine rings is 1. The quantitative estimate of drug-likeness (QED) is 0.851. The van der Waals surface area contributed by atoms with Crippen molar-refractivity contribution in [2.75, 3.05) is 19.6 Å². The van der Waals surface area contributed by atoms with Crippen molar-refractivity contribution in [1.82, 2.24) is 4.90 Å². The number of likely N-dealkylation sites (tertiary alicyclic amines) is 1. The normalized spacial score (nSPS) is 20.3. The van der Waals surface area contributed by atoms with Crippen LogP contribution < -0.4 is 0 Å². The summed E-state index contributed by atoms with van der Waals surface area (Å²) in [6, 6.07) is 4.02. The Kier molecular flexibility index (Phi) is 4.18. The number of nitrogens with zero attached hydrogens (tertiary/aromatic N) is 1. The molecule has 0 amide bonds. The highest BCUT2D eigenvalue weighted by Gasteiger charge is 2.13. The van der Waals surface area contributed by atoms with E-state index in [4.69, 9.17) is 0 Å². The largest absolute Gasteiger partial charge is 0.388 e. The summed E-state index contributed by atoms with van der Waals surface area (Å²) in [5, 5.41) is 12.0. The summed E-state index contributed by atoms with van der Waals surface area (Å²) in [7, 11) is 0. The molecule has 1 aromatic rings. The van der Waals surface area contributed by atoms with Crippen molar-refractivity contribution in [3.8, 4) is 0 Å². The molecule has 15 heavy (non-hydrogen) atoms. The molecule has 3 heteroatoms. The molecule has 2 rings (SSSR count). The van der Waals surface area contributed by atoms with Crippen LogP contribution in [0.1, 0.15) is 36.7 Å². The van der Waals surface area contributed by atoms with Crippen LogP contribution in [-0.4, -0.2) is 29.6 Å². The fourth-order valence-corrected chi connectivity index (χ4v) is 2.86. The molecule has 1 saturated heterocycles. The number of hydrogen-bond acceptors (Lipinski definition) is 3. The predicted octanol–water partition coefficient (Wildman–Crippen LogP) is 2.66. The molecule has 0 radical (unpaired) electrons. The smallest absolute Gasteiger partial charge is 0.0894 e. The minimum absolute atomic E-state index is 0.257. The highest BCUT2D eigenvalue weighted by molar-refractivity contribution is 7.10. The van der Waals surface area contributed by atoms with Crippen molar-refractivity contribution in [1.29, 1.82) is 0 Å². The van der Waals surface area contributed by atoms with Gasteiger partial charge in [-0.2, -0.15) is 0 Å². The van der Waals surface area contributed by atoms with Crippen LogP contribution in [0.5, 0.6) is 0 Å². The summed E-state index contributed by atoms with van der Waals surface area (Å²) < 4.78 is 0. The van der Waals surface area contributed by atoms with Gasteiger partial charge in [0.25, 0.3) is 0 Å². The number of thiophene rings is 1. The fourth-order valence-electron chi connectivity index (χ4n) is 2.11. The molecule has 1 fully saturated rings. The molecule has 2 nitrogen and oxygen atoms in total. The first-order valence-electron chi connectivity index (χ1n) is 5.80. The number of rotatable bonds is 4. The lowest BCUT2D eigenvalue weighted by Crippen LogP contribution is -2.31. The Morgan fingerprint density at radius 3 is 2.80 bits per heavy atom. The summed E-state index contributed by atoms with van der Waals surface area (Å²) in [6.07, 6.45) is 4.65. The topological polar surface area (TPSA) is 23.5 Å². The molecule has 2 heterocycles. The Bertz CT molecular complexity index is 267. The van der Waals surface area contributed by atoms with Crippen LogP contribution in [0.15, 0.2) is 17.5 Å². The van der Waals surface area contributed by atoms with Crippen molar-refractivity contribution in [2.45, 2.75) is 31.8 Å². The zero-order valence-electron chi connectivity index (χ0n) is 9.06. The fraction of sp³-hybridized carbons (Fsp3) is 0.667. The molecular formula is C12H19NOS. The second kappa shape index (κ2) is 5.64. The molecule has 1 unspecified atom stereocenters. The first-order valence-corrected chi connectivity index (χ1v) is 6.68. The van der Waals surface area contributed by atoms with E-state index in [1.807, 2.05) is 17.5 Å². The lowest BCUT2D eigenvalue weighted by Gasteiger charge is -2.27. The van der Waals surface area contributed by atoms with E-state index in [2.05, 4.69) is 4.90 Å². The standard InChI is InChI=1S/C12H19NOS/c14-11(12-5-4-10-15-12)6-9-13-7-2-1-3-8-13/h4-5,10-11,14H,1-3,6-9H2. The van der Waals surface area contributed by atoms with E-state index < -0.39 is 0 Å². The van der Waals surface area contributed by atoms with Crippen molar-refractivity contribution < 1.29 is 5.11 Å². The van der Waals surface area contributed by atoms with Gasteiger partial charge in [-0.1, -0.05) is 12.5 Å². The van der Waals surface area contributed by atoms with Crippen LogP contribution in [0, 0.1) is 0 Å². The zero-order valence-corrected chi connectivity index (χ0v) is 9.88. The summed E-state index contributed by atoms with van der Waals surface area (Å²) in [5.41, 5.74) is 0. The monoisotopic (exact) mass is 225 g/mol. The van der Waals surface area contributed by atoms with Gasteiger partial charge in [-0.3, -0.25) is 0 Å². The Balaban J connectivity index is 1.73. The Hall–Kier alpha value is -0.380. The molecule has 0 aliphatic carbocycles. The van der Waals surface area contributed by atoms with E-state index in [1.165, 1.54) is 32.4 Å². The Morgan fingerprint density at radius 2 is 2.13 bits per heavy atom. The SMILES string of the molecule is OC(CCN1CCCCC1)c1cccs1. The van der Waals surface area contributed by atoms with Gasteiger partial charge in [0.05, 0.1) is 6.10 Å².